The van der Waals surface area contributed by atoms with E-state index in [1.54, 1.807) is 12.0 Å². The van der Waals surface area contributed by atoms with Gasteiger partial charge in [0.15, 0.2) is 0 Å². The number of rotatable bonds is 7. The molecule has 1 aromatic carbocycles. The van der Waals surface area contributed by atoms with Gasteiger partial charge in [0.25, 0.3) is 0 Å². The van der Waals surface area contributed by atoms with Gasteiger partial charge in [-0.15, -0.1) is 0 Å². The molecule has 1 aliphatic carbocycles. The van der Waals surface area contributed by atoms with Gasteiger partial charge >= 0.3 is 0 Å². The van der Waals surface area contributed by atoms with E-state index < -0.39 is 0 Å². The molecule has 4 aliphatic rings. The van der Waals surface area contributed by atoms with Gasteiger partial charge in [-0.1, -0.05) is 24.8 Å². The molecular weight excluding hydrogens is 528 g/mol. The number of likely N-dealkylation sites (N-methyl/N-ethyl adjacent to an activating group) is 1. The molecule has 42 heavy (non-hydrogen) atoms. The van der Waals surface area contributed by atoms with Crippen molar-refractivity contribution in [1.82, 2.24) is 20.2 Å². The van der Waals surface area contributed by atoms with Crippen molar-refractivity contribution in [3.8, 4) is 6.07 Å². The minimum absolute atomic E-state index is 0.0594. The molecule has 3 aliphatic heterocycles. The predicted octanol–water partition coefficient (Wildman–Crippen LogP) is 2.33. The molecule has 1 amide bonds. The molecule has 0 unspecified atom stereocenters. The predicted molar refractivity (Wildman–Crippen MR) is 164 cm³/mol. The number of ether oxygens (including phenoxy) is 1. The third-order valence-electron chi connectivity index (χ3n) is 9.59. The molecule has 10 nitrogen and oxygen atoms in total. The second-order valence-corrected chi connectivity index (χ2v) is 11.9. The fourth-order valence-corrected chi connectivity index (χ4v) is 7.37. The lowest BCUT2D eigenvalue weighted by molar-refractivity contribution is -0.128. The van der Waals surface area contributed by atoms with Crippen LogP contribution in [0, 0.1) is 11.3 Å². The van der Waals surface area contributed by atoms with Crippen molar-refractivity contribution in [2.75, 3.05) is 68.1 Å². The largest absolute Gasteiger partial charge is 0.378 e. The number of carbonyl (C=O) groups excluding carboxylic acids is 1. The minimum Gasteiger partial charge on any atom is -0.378 e. The van der Waals surface area contributed by atoms with Gasteiger partial charge < -0.3 is 29.7 Å². The van der Waals surface area contributed by atoms with Gasteiger partial charge in [0, 0.05) is 70.1 Å². The number of aryl methyl sites for hydroxylation is 1. The van der Waals surface area contributed by atoms with Crippen molar-refractivity contribution in [3.05, 3.63) is 53.7 Å². The highest BCUT2D eigenvalue weighted by Crippen LogP contribution is 2.37. The monoisotopic (exact) mass is 570 g/mol. The van der Waals surface area contributed by atoms with Gasteiger partial charge in [-0.25, -0.2) is 4.98 Å². The Morgan fingerprint density at radius 3 is 2.79 bits per heavy atom. The number of amides is 1. The summed E-state index contributed by atoms with van der Waals surface area (Å²) in [4.78, 5) is 32.0. The van der Waals surface area contributed by atoms with Crippen LogP contribution in [0.2, 0.25) is 0 Å². The highest BCUT2D eigenvalue weighted by atomic mass is 16.5. The number of carbonyl (C=O) groups is 1. The summed E-state index contributed by atoms with van der Waals surface area (Å²) in [6, 6.07) is 11.5. The van der Waals surface area contributed by atoms with Crippen LogP contribution in [0.1, 0.15) is 36.1 Å². The van der Waals surface area contributed by atoms with Gasteiger partial charge in [-0.05, 0) is 50.4 Å². The Hall–Kier alpha value is -3.68. The quantitative estimate of drug-likeness (QED) is 0.503. The molecule has 4 atom stereocenters. The van der Waals surface area contributed by atoms with E-state index in [1.807, 2.05) is 7.05 Å². The molecule has 4 heterocycles. The average Bonchev–Trinajstić information content (AvgIpc) is 3.47. The van der Waals surface area contributed by atoms with E-state index in [0.717, 1.165) is 62.8 Å². The Labute approximate surface area is 249 Å². The molecule has 0 bridgehead atoms. The molecule has 1 aromatic heterocycles. The van der Waals surface area contributed by atoms with Gasteiger partial charge in [-0.2, -0.15) is 10.2 Å². The number of para-hydroxylation sites is 1. The Balaban J connectivity index is 1.34. The molecule has 2 aromatic rings. The van der Waals surface area contributed by atoms with E-state index in [2.05, 4.69) is 56.9 Å². The first-order valence-electron chi connectivity index (χ1n) is 15.3. The van der Waals surface area contributed by atoms with Gasteiger partial charge in [-0.3, -0.25) is 4.79 Å². The fourth-order valence-electron chi connectivity index (χ4n) is 7.37. The van der Waals surface area contributed by atoms with Crippen LogP contribution in [0.5, 0.6) is 0 Å². The number of fused-ring (bicyclic) bond motifs is 2. The number of methoxy groups -OCH3 is 1. The maximum absolute atomic E-state index is 12.6. The van der Waals surface area contributed by atoms with Crippen molar-refractivity contribution in [1.29, 1.82) is 5.26 Å². The average molecular weight is 571 g/mol. The summed E-state index contributed by atoms with van der Waals surface area (Å²) in [5.74, 6) is 1.58. The SMILES string of the molecule is C=CC(=O)N1CCN(c2nc(N3C[C@H](OC)[C@H](NC)C3)nc3c2CC[C@@H](N2CCCc4ccccc42)C3)C[C@@H]1CC#N. The molecular formula is C32H42N8O2. The summed E-state index contributed by atoms with van der Waals surface area (Å²) in [6.45, 7) is 8.01. The van der Waals surface area contributed by atoms with E-state index in [1.165, 1.54) is 29.3 Å². The first-order valence-corrected chi connectivity index (χ1v) is 15.3. The third kappa shape index (κ3) is 5.32. The molecule has 2 saturated heterocycles. The first kappa shape index (κ1) is 28.4. The number of hydrogen-bond donors (Lipinski definition) is 1. The third-order valence-corrected chi connectivity index (χ3v) is 9.59. The molecule has 0 saturated carbocycles. The van der Waals surface area contributed by atoms with Gasteiger partial charge in [0.1, 0.15) is 5.82 Å². The topological polar surface area (TPSA) is 101 Å². The Morgan fingerprint density at radius 1 is 1.17 bits per heavy atom. The van der Waals surface area contributed by atoms with Gasteiger partial charge in [0.05, 0.1) is 36.4 Å². The van der Waals surface area contributed by atoms with Gasteiger partial charge in [0.2, 0.25) is 11.9 Å². The lowest BCUT2D eigenvalue weighted by Gasteiger charge is -2.43. The zero-order valence-electron chi connectivity index (χ0n) is 24.8. The summed E-state index contributed by atoms with van der Waals surface area (Å²) in [7, 11) is 3.73. The minimum atomic E-state index is -0.206. The van der Waals surface area contributed by atoms with Crippen LogP contribution in [-0.4, -0.2) is 98.4 Å². The second-order valence-electron chi connectivity index (χ2n) is 11.9. The number of aromatic nitrogens is 2. The molecule has 10 heteroatoms. The van der Waals surface area contributed by atoms with E-state index in [9.17, 15) is 10.1 Å². The van der Waals surface area contributed by atoms with Crippen molar-refractivity contribution >= 4 is 23.4 Å². The zero-order chi connectivity index (χ0) is 29.2. The Morgan fingerprint density at radius 2 is 2.02 bits per heavy atom. The van der Waals surface area contributed by atoms with E-state index >= 15 is 0 Å². The summed E-state index contributed by atoms with van der Waals surface area (Å²) >= 11 is 0. The molecule has 6 rings (SSSR count). The Bertz CT molecular complexity index is 1350. The number of nitrogens with one attached hydrogen (secondary N) is 1. The Kier molecular flexibility index (Phi) is 8.31. The standard InChI is InChI=1S/C32H42N8O2/c1-4-30(41)40-17-16-37(19-24(40)13-14-33)31-25-12-11-23(39-15-7-9-22-8-5-6-10-28(22)39)18-26(25)35-32(36-31)38-20-27(34-2)29(21-38)42-3/h4-6,8,10,23-24,27,29,34H,1,7,9,11-13,15-21H2,2-3H3/t23-,24+,27-,29+/m1/s1. The maximum atomic E-state index is 12.6. The van der Waals surface area contributed by atoms with Crippen molar-refractivity contribution in [3.63, 3.8) is 0 Å². The van der Waals surface area contributed by atoms with Crippen LogP contribution in [0.15, 0.2) is 36.9 Å². The smallest absolute Gasteiger partial charge is 0.246 e. The number of hydrogen-bond acceptors (Lipinski definition) is 9. The zero-order valence-corrected chi connectivity index (χ0v) is 24.8. The van der Waals surface area contributed by atoms with Crippen molar-refractivity contribution < 1.29 is 9.53 Å². The normalized spacial score (nSPS) is 25.5. The lowest BCUT2D eigenvalue weighted by Crippen LogP contribution is -2.55. The van der Waals surface area contributed by atoms with E-state index in [0.29, 0.717) is 25.7 Å². The number of nitrogens with zero attached hydrogens (tertiary/aromatic N) is 7. The summed E-state index contributed by atoms with van der Waals surface area (Å²) in [5, 5.41) is 12.9. The lowest BCUT2D eigenvalue weighted by atomic mass is 9.88. The molecule has 2 fully saturated rings. The number of anilines is 3. The van der Waals surface area contributed by atoms with Crippen LogP contribution in [0.4, 0.5) is 17.5 Å². The highest BCUT2D eigenvalue weighted by molar-refractivity contribution is 5.87. The molecule has 0 spiro atoms. The second kappa shape index (κ2) is 12.3. The number of piperazine rings is 1. The number of nitriles is 1. The highest BCUT2D eigenvalue weighted by Gasteiger charge is 2.38. The molecule has 1 N–H and O–H groups in total. The van der Waals surface area contributed by atoms with Crippen molar-refractivity contribution in [2.24, 2.45) is 0 Å². The van der Waals surface area contributed by atoms with Crippen LogP contribution in [0.3, 0.4) is 0 Å². The first-order chi connectivity index (χ1) is 20.5. The van der Waals surface area contributed by atoms with E-state index in [4.69, 9.17) is 14.7 Å². The van der Waals surface area contributed by atoms with Crippen LogP contribution in [0.25, 0.3) is 0 Å². The summed E-state index contributed by atoms with van der Waals surface area (Å²) < 4.78 is 5.79. The van der Waals surface area contributed by atoms with Crippen LogP contribution in [-0.2, 0) is 28.8 Å². The van der Waals surface area contributed by atoms with Crippen molar-refractivity contribution in [2.45, 2.75) is 62.8 Å². The van der Waals surface area contributed by atoms with E-state index in [-0.39, 0.29) is 30.5 Å². The molecule has 0 radical (unpaired) electrons. The van der Waals surface area contributed by atoms with Crippen LogP contribution >= 0.6 is 0 Å². The van der Waals surface area contributed by atoms with Crippen LogP contribution < -0.4 is 20.0 Å². The fraction of sp³-hybridized carbons (Fsp3) is 0.562. The number of benzene rings is 1. The maximum Gasteiger partial charge on any atom is 0.246 e. The molecule has 222 valence electrons. The summed E-state index contributed by atoms with van der Waals surface area (Å²) in [6.07, 6.45) is 6.82. The summed E-state index contributed by atoms with van der Waals surface area (Å²) in [5.41, 5.74) is 5.15.